The minimum Gasteiger partial charge on any atom is -0.206 e. The molecule has 0 saturated heterocycles. The summed E-state index contributed by atoms with van der Waals surface area (Å²) in [6, 6.07) is 4.13. The molecule has 0 spiro atoms. The summed E-state index contributed by atoms with van der Waals surface area (Å²) in [6.07, 6.45) is 7.60. The van der Waals surface area contributed by atoms with E-state index < -0.39 is 29.1 Å². The lowest BCUT2D eigenvalue weighted by atomic mass is 9.88. The van der Waals surface area contributed by atoms with Gasteiger partial charge in [-0.05, 0) is 48.6 Å². The first kappa shape index (κ1) is 23.7. The summed E-state index contributed by atoms with van der Waals surface area (Å²) >= 11 is 0. The number of hydrogen-bond acceptors (Lipinski definition) is 2. The van der Waals surface area contributed by atoms with Gasteiger partial charge in [-0.3, -0.25) is 0 Å². The van der Waals surface area contributed by atoms with E-state index in [2.05, 4.69) is 24.1 Å². The van der Waals surface area contributed by atoms with Crippen LogP contribution in [0.4, 0.5) is 22.0 Å². The van der Waals surface area contributed by atoms with Gasteiger partial charge in [0.15, 0.2) is 17.5 Å². The lowest BCUT2D eigenvalue weighted by Crippen LogP contribution is -2.04. The molecular weight excluding hydrogens is 399 g/mol. The van der Waals surface area contributed by atoms with Crippen LogP contribution < -0.4 is 0 Å². The van der Waals surface area contributed by atoms with Gasteiger partial charge in [-0.1, -0.05) is 39.5 Å². The predicted molar refractivity (Wildman–Crippen MR) is 110 cm³/mol. The van der Waals surface area contributed by atoms with Crippen molar-refractivity contribution in [2.45, 2.75) is 58.3 Å². The van der Waals surface area contributed by atoms with Gasteiger partial charge in [0.05, 0.1) is 18.0 Å². The molecule has 162 valence electrons. The van der Waals surface area contributed by atoms with Crippen molar-refractivity contribution in [2.75, 3.05) is 0 Å². The van der Waals surface area contributed by atoms with Gasteiger partial charge in [-0.25, -0.2) is 22.0 Å². The van der Waals surface area contributed by atoms with Crippen LogP contribution in [-0.4, -0.2) is 12.4 Å². The third-order valence-corrected chi connectivity index (χ3v) is 4.85. The molecule has 0 aliphatic heterocycles. The average Bonchev–Trinajstić information content (AvgIpc) is 2.70. The summed E-state index contributed by atoms with van der Waals surface area (Å²) in [5.74, 6) is -5.72. The summed E-state index contributed by atoms with van der Waals surface area (Å²) in [4.78, 5) is 0. The van der Waals surface area contributed by atoms with Crippen molar-refractivity contribution in [3.05, 3.63) is 70.0 Å². The van der Waals surface area contributed by atoms with E-state index in [-0.39, 0.29) is 17.0 Å². The number of benzene rings is 2. The van der Waals surface area contributed by atoms with Gasteiger partial charge < -0.3 is 0 Å². The van der Waals surface area contributed by atoms with Crippen molar-refractivity contribution in [3.8, 4) is 0 Å². The molecule has 2 aromatic rings. The number of halogens is 5. The van der Waals surface area contributed by atoms with Crippen molar-refractivity contribution in [2.24, 2.45) is 10.2 Å². The van der Waals surface area contributed by atoms with Crippen LogP contribution in [0.25, 0.3) is 0 Å². The van der Waals surface area contributed by atoms with E-state index in [1.807, 2.05) is 0 Å². The molecule has 0 radical (unpaired) electrons. The third kappa shape index (κ3) is 6.47. The number of rotatable bonds is 10. The average molecular weight is 424 g/mol. The smallest absolute Gasteiger partial charge is 0.194 e. The highest BCUT2D eigenvalue weighted by Crippen LogP contribution is 2.30. The van der Waals surface area contributed by atoms with Crippen LogP contribution in [0.3, 0.4) is 0 Å². The zero-order valence-electron chi connectivity index (χ0n) is 17.1. The fraction of sp³-hybridized carbons (Fsp3) is 0.391. The summed E-state index contributed by atoms with van der Waals surface area (Å²) < 4.78 is 68.2. The van der Waals surface area contributed by atoms with E-state index in [1.165, 1.54) is 12.1 Å². The largest absolute Gasteiger partial charge is 0.206 e. The Morgan fingerprint density at radius 3 is 1.73 bits per heavy atom. The molecule has 0 unspecified atom stereocenters. The molecule has 2 rings (SSSR count). The highest BCUT2D eigenvalue weighted by Gasteiger charge is 2.16. The fourth-order valence-corrected chi connectivity index (χ4v) is 3.18. The Bertz CT molecular complexity index is 854. The number of unbranched alkanes of at least 4 members (excludes halogenated alkanes) is 2. The van der Waals surface area contributed by atoms with Crippen LogP contribution in [0.1, 0.15) is 75.0 Å². The molecule has 0 fully saturated rings. The van der Waals surface area contributed by atoms with Crippen LogP contribution in [-0.2, 0) is 0 Å². The first-order chi connectivity index (χ1) is 14.4. The molecule has 7 heteroatoms. The lowest BCUT2D eigenvalue weighted by molar-refractivity contribution is 0.447. The van der Waals surface area contributed by atoms with E-state index in [4.69, 9.17) is 0 Å². The van der Waals surface area contributed by atoms with Gasteiger partial charge >= 0.3 is 0 Å². The molecule has 0 aliphatic carbocycles. The molecule has 2 aromatic carbocycles. The van der Waals surface area contributed by atoms with E-state index in [9.17, 15) is 22.0 Å². The first-order valence-corrected chi connectivity index (χ1v) is 10.1. The molecule has 30 heavy (non-hydrogen) atoms. The van der Waals surface area contributed by atoms with Gasteiger partial charge in [0.25, 0.3) is 0 Å². The molecule has 0 atom stereocenters. The second-order valence-electron chi connectivity index (χ2n) is 7.17. The van der Waals surface area contributed by atoms with Gasteiger partial charge in [0.2, 0.25) is 0 Å². The van der Waals surface area contributed by atoms with Crippen molar-refractivity contribution in [3.63, 3.8) is 0 Å². The van der Waals surface area contributed by atoms with E-state index in [0.29, 0.717) is 5.56 Å². The van der Waals surface area contributed by atoms with E-state index in [0.717, 1.165) is 63.1 Å². The molecule has 0 heterocycles. The summed E-state index contributed by atoms with van der Waals surface area (Å²) in [7, 11) is 0. The SMILES string of the molecule is CCCCC(CCCC)c1cc(F)c(/C=N/N=C/c2cc(F)c(F)c(F)c2)c(F)c1. The van der Waals surface area contributed by atoms with Gasteiger partial charge in [-0.2, -0.15) is 10.2 Å². The third-order valence-electron chi connectivity index (χ3n) is 4.85. The monoisotopic (exact) mass is 424 g/mol. The predicted octanol–water partition coefficient (Wildman–Crippen LogP) is 7.30. The zero-order valence-corrected chi connectivity index (χ0v) is 17.1. The Morgan fingerprint density at radius 2 is 1.23 bits per heavy atom. The van der Waals surface area contributed by atoms with Crippen molar-refractivity contribution in [1.82, 2.24) is 0 Å². The minimum atomic E-state index is -1.59. The maximum absolute atomic E-state index is 14.5. The number of hydrogen-bond donors (Lipinski definition) is 0. The maximum Gasteiger partial charge on any atom is 0.194 e. The van der Waals surface area contributed by atoms with Gasteiger partial charge in [0, 0.05) is 5.56 Å². The van der Waals surface area contributed by atoms with Crippen LogP contribution in [0, 0.1) is 29.1 Å². The minimum absolute atomic E-state index is 0.0745. The second-order valence-corrected chi connectivity index (χ2v) is 7.17. The quantitative estimate of drug-likeness (QED) is 0.165. The molecule has 0 N–H and O–H groups in total. The molecule has 0 amide bonds. The summed E-state index contributed by atoms with van der Waals surface area (Å²) in [5, 5.41) is 7.06. The molecule has 0 bridgehead atoms. The molecule has 0 aromatic heterocycles. The second kappa shape index (κ2) is 11.6. The van der Waals surface area contributed by atoms with E-state index in [1.54, 1.807) is 0 Å². The molecule has 2 nitrogen and oxygen atoms in total. The molecule has 0 aliphatic rings. The van der Waals surface area contributed by atoms with Crippen molar-refractivity contribution < 1.29 is 22.0 Å². The lowest BCUT2D eigenvalue weighted by Gasteiger charge is -2.17. The Balaban J connectivity index is 2.18. The molecular formula is C23H25F5N2. The van der Waals surface area contributed by atoms with Crippen LogP contribution >= 0.6 is 0 Å². The van der Waals surface area contributed by atoms with Crippen molar-refractivity contribution in [1.29, 1.82) is 0 Å². The zero-order chi connectivity index (χ0) is 22.1. The Morgan fingerprint density at radius 1 is 0.733 bits per heavy atom. The standard InChI is InChI=1S/C23H25F5N2/c1-3-5-7-16(8-6-4-2)17-11-19(24)18(20(25)12-17)14-30-29-13-15-9-21(26)23(28)22(27)10-15/h9-14,16H,3-8H2,1-2H3/b29-13+,30-14+. The topological polar surface area (TPSA) is 24.7 Å². The van der Waals surface area contributed by atoms with Crippen LogP contribution in [0.5, 0.6) is 0 Å². The van der Waals surface area contributed by atoms with Crippen molar-refractivity contribution >= 4 is 12.4 Å². The number of nitrogens with zero attached hydrogens (tertiary/aromatic N) is 2. The summed E-state index contributed by atoms with van der Waals surface area (Å²) in [6.45, 7) is 4.15. The fourth-order valence-electron chi connectivity index (χ4n) is 3.18. The first-order valence-electron chi connectivity index (χ1n) is 10.1. The Labute approximate surface area is 173 Å². The van der Waals surface area contributed by atoms with E-state index >= 15 is 0 Å². The van der Waals surface area contributed by atoms with Gasteiger partial charge in [-0.15, -0.1) is 0 Å². The molecule has 0 saturated carbocycles. The van der Waals surface area contributed by atoms with Crippen LogP contribution in [0.2, 0.25) is 0 Å². The highest BCUT2D eigenvalue weighted by molar-refractivity contribution is 5.83. The van der Waals surface area contributed by atoms with Gasteiger partial charge in [0.1, 0.15) is 11.6 Å². The summed E-state index contributed by atoms with van der Waals surface area (Å²) in [5.41, 5.74) is 0.205. The Hall–Kier alpha value is -2.57. The maximum atomic E-state index is 14.5. The highest BCUT2D eigenvalue weighted by atomic mass is 19.2. The Kier molecular flexibility index (Phi) is 9.15. The normalized spacial score (nSPS) is 12.0. The van der Waals surface area contributed by atoms with Crippen LogP contribution in [0.15, 0.2) is 34.5 Å².